The SMILES string of the molecule is CCOC(=O)C1CCN(C(=O)COc2ccc3c(=O)c(-c4ccccc4)c(C)oc3c2)CC1. The Morgan fingerprint density at radius 3 is 2.52 bits per heavy atom. The van der Waals surface area contributed by atoms with Crippen LogP contribution in [-0.2, 0) is 14.3 Å². The summed E-state index contributed by atoms with van der Waals surface area (Å²) < 4.78 is 16.7. The fraction of sp³-hybridized carbons (Fsp3) is 0.346. The number of hydrogen-bond donors (Lipinski definition) is 0. The van der Waals surface area contributed by atoms with Crippen LogP contribution in [0.5, 0.6) is 5.75 Å². The van der Waals surface area contributed by atoms with Gasteiger partial charge in [-0.3, -0.25) is 14.4 Å². The second-order valence-electron chi connectivity index (χ2n) is 8.08. The second kappa shape index (κ2) is 9.90. The van der Waals surface area contributed by atoms with E-state index in [4.69, 9.17) is 13.9 Å². The molecule has 1 aliphatic rings. The molecule has 0 aliphatic carbocycles. The Morgan fingerprint density at radius 2 is 1.82 bits per heavy atom. The molecular formula is C26H27NO6. The van der Waals surface area contributed by atoms with Crippen molar-refractivity contribution in [3.8, 4) is 16.9 Å². The second-order valence-corrected chi connectivity index (χ2v) is 8.08. The molecule has 7 nitrogen and oxygen atoms in total. The van der Waals surface area contributed by atoms with Gasteiger partial charge in [0.25, 0.3) is 5.91 Å². The molecular weight excluding hydrogens is 422 g/mol. The van der Waals surface area contributed by atoms with Gasteiger partial charge in [-0.1, -0.05) is 30.3 Å². The zero-order valence-corrected chi connectivity index (χ0v) is 18.8. The number of carbonyl (C=O) groups excluding carboxylic acids is 2. The highest BCUT2D eigenvalue weighted by Crippen LogP contribution is 2.26. The van der Waals surface area contributed by atoms with Gasteiger partial charge in [0.2, 0.25) is 5.43 Å². The lowest BCUT2D eigenvalue weighted by molar-refractivity contribution is -0.151. The number of piperidine rings is 1. The Balaban J connectivity index is 1.42. The summed E-state index contributed by atoms with van der Waals surface area (Å²) in [5, 5.41) is 0.458. The maximum Gasteiger partial charge on any atom is 0.309 e. The van der Waals surface area contributed by atoms with E-state index < -0.39 is 0 Å². The minimum absolute atomic E-state index is 0.105. The molecule has 0 radical (unpaired) electrons. The predicted octanol–water partition coefficient (Wildman–Crippen LogP) is 3.95. The third kappa shape index (κ3) is 4.92. The van der Waals surface area contributed by atoms with E-state index in [0.29, 0.717) is 60.6 Å². The number of aryl methyl sites for hydroxylation is 1. The number of ether oxygens (including phenoxy) is 2. The van der Waals surface area contributed by atoms with Crippen LogP contribution in [0.1, 0.15) is 25.5 Å². The zero-order valence-electron chi connectivity index (χ0n) is 18.8. The summed E-state index contributed by atoms with van der Waals surface area (Å²) in [7, 11) is 0. The van der Waals surface area contributed by atoms with Gasteiger partial charge in [-0.2, -0.15) is 0 Å². The number of nitrogens with zero attached hydrogens (tertiary/aromatic N) is 1. The molecule has 1 saturated heterocycles. The molecule has 0 atom stereocenters. The zero-order chi connectivity index (χ0) is 23.4. The molecule has 2 heterocycles. The highest BCUT2D eigenvalue weighted by Gasteiger charge is 2.28. The minimum atomic E-state index is -0.191. The van der Waals surface area contributed by atoms with Gasteiger partial charge in [-0.25, -0.2) is 0 Å². The highest BCUT2D eigenvalue weighted by molar-refractivity contribution is 5.84. The summed E-state index contributed by atoms with van der Waals surface area (Å²) in [4.78, 5) is 39.2. The number of amides is 1. The summed E-state index contributed by atoms with van der Waals surface area (Å²) in [6, 6.07) is 14.4. The van der Waals surface area contributed by atoms with Gasteiger partial charge in [0.15, 0.2) is 6.61 Å². The monoisotopic (exact) mass is 449 g/mol. The van der Waals surface area contributed by atoms with E-state index in [9.17, 15) is 14.4 Å². The molecule has 4 rings (SSSR count). The molecule has 0 bridgehead atoms. The minimum Gasteiger partial charge on any atom is -0.484 e. The van der Waals surface area contributed by atoms with Crippen molar-refractivity contribution in [1.82, 2.24) is 4.90 Å². The molecule has 2 aromatic carbocycles. The van der Waals surface area contributed by atoms with Crippen LogP contribution in [0.3, 0.4) is 0 Å². The Labute approximate surface area is 191 Å². The normalized spacial score (nSPS) is 14.3. The van der Waals surface area contributed by atoms with Gasteiger partial charge in [0, 0.05) is 19.2 Å². The van der Waals surface area contributed by atoms with Crippen molar-refractivity contribution >= 4 is 22.8 Å². The van der Waals surface area contributed by atoms with E-state index in [-0.39, 0.29) is 29.8 Å². The van der Waals surface area contributed by atoms with Gasteiger partial charge in [-0.05, 0) is 44.4 Å². The molecule has 1 aromatic heterocycles. The molecule has 1 fully saturated rings. The van der Waals surface area contributed by atoms with Crippen LogP contribution >= 0.6 is 0 Å². The lowest BCUT2D eigenvalue weighted by Crippen LogP contribution is -2.42. The summed E-state index contributed by atoms with van der Waals surface area (Å²) in [5.41, 5.74) is 1.66. The Kier molecular flexibility index (Phi) is 6.77. The molecule has 7 heteroatoms. The molecule has 33 heavy (non-hydrogen) atoms. The average Bonchev–Trinajstić information content (AvgIpc) is 2.83. The quantitative estimate of drug-likeness (QED) is 0.530. The summed E-state index contributed by atoms with van der Waals surface area (Å²) in [6.45, 7) is 4.79. The van der Waals surface area contributed by atoms with Crippen LogP contribution in [-0.4, -0.2) is 43.1 Å². The Hall–Kier alpha value is -3.61. The number of rotatable bonds is 6. The van der Waals surface area contributed by atoms with E-state index in [1.165, 1.54) is 0 Å². The van der Waals surface area contributed by atoms with E-state index in [1.54, 1.807) is 36.9 Å². The molecule has 0 unspecified atom stereocenters. The number of hydrogen-bond acceptors (Lipinski definition) is 6. The lowest BCUT2D eigenvalue weighted by Gasteiger charge is -2.30. The van der Waals surface area contributed by atoms with E-state index in [0.717, 1.165) is 5.56 Å². The molecule has 1 amide bonds. The van der Waals surface area contributed by atoms with E-state index >= 15 is 0 Å². The van der Waals surface area contributed by atoms with Crippen LogP contribution in [0.25, 0.3) is 22.1 Å². The molecule has 0 saturated carbocycles. The largest absolute Gasteiger partial charge is 0.484 e. The van der Waals surface area contributed by atoms with Crippen LogP contribution < -0.4 is 10.2 Å². The van der Waals surface area contributed by atoms with Crippen molar-refractivity contribution < 1.29 is 23.5 Å². The first-order valence-electron chi connectivity index (χ1n) is 11.2. The number of fused-ring (bicyclic) bond motifs is 1. The topological polar surface area (TPSA) is 86.0 Å². The van der Waals surface area contributed by atoms with Gasteiger partial charge in [0.1, 0.15) is 17.1 Å². The Morgan fingerprint density at radius 1 is 1.09 bits per heavy atom. The van der Waals surface area contributed by atoms with Crippen LogP contribution in [0.2, 0.25) is 0 Å². The fourth-order valence-electron chi connectivity index (χ4n) is 4.18. The van der Waals surface area contributed by atoms with Crippen molar-refractivity contribution in [3.63, 3.8) is 0 Å². The molecule has 1 aliphatic heterocycles. The summed E-state index contributed by atoms with van der Waals surface area (Å²) in [5.74, 6) is 0.490. The van der Waals surface area contributed by atoms with Crippen LogP contribution in [0.15, 0.2) is 57.7 Å². The first-order valence-corrected chi connectivity index (χ1v) is 11.2. The van der Waals surface area contributed by atoms with Crippen molar-refractivity contribution in [2.75, 3.05) is 26.3 Å². The predicted molar refractivity (Wildman–Crippen MR) is 124 cm³/mol. The Bertz CT molecular complexity index is 1210. The van der Waals surface area contributed by atoms with Crippen molar-refractivity contribution in [3.05, 3.63) is 64.5 Å². The molecule has 0 spiro atoms. The first kappa shape index (κ1) is 22.6. The maximum atomic E-state index is 13.1. The fourth-order valence-corrected chi connectivity index (χ4v) is 4.18. The van der Waals surface area contributed by atoms with Crippen molar-refractivity contribution in [2.24, 2.45) is 5.92 Å². The van der Waals surface area contributed by atoms with Gasteiger partial charge in [-0.15, -0.1) is 0 Å². The first-order chi connectivity index (χ1) is 16.0. The molecule has 172 valence electrons. The third-order valence-electron chi connectivity index (χ3n) is 5.93. The summed E-state index contributed by atoms with van der Waals surface area (Å²) >= 11 is 0. The number of likely N-dealkylation sites (tertiary alicyclic amines) is 1. The highest BCUT2D eigenvalue weighted by atomic mass is 16.5. The van der Waals surface area contributed by atoms with Crippen molar-refractivity contribution in [1.29, 1.82) is 0 Å². The molecule has 3 aromatic rings. The van der Waals surface area contributed by atoms with Gasteiger partial charge in [0.05, 0.1) is 23.5 Å². The maximum absolute atomic E-state index is 13.1. The van der Waals surface area contributed by atoms with Gasteiger partial charge >= 0.3 is 5.97 Å². The molecule has 0 N–H and O–H groups in total. The standard InChI is InChI=1S/C26H27NO6/c1-3-31-26(30)19-11-13-27(14-12-19)23(28)16-32-20-9-10-21-22(15-20)33-17(2)24(25(21)29)18-7-5-4-6-8-18/h4-10,15,19H,3,11-14,16H2,1-2H3. The lowest BCUT2D eigenvalue weighted by atomic mass is 9.97. The van der Waals surface area contributed by atoms with Gasteiger partial charge < -0.3 is 18.8 Å². The van der Waals surface area contributed by atoms with Crippen LogP contribution in [0.4, 0.5) is 0 Å². The third-order valence-corrected chi connectivity index (χ3v) is 5.93. The van der Waals surface area contributed by atoms with E-state index in [2.05, 4.69) is 0 Å². The smallest absolute Gasteiger partial charge is 0.309 e. The number of carbonyl (C=O) groups is 2. The number of benzene rings is 2. The van der Waals surface area contributed by atoms with E-state index in [1.807, 2.05) is 30.3 Å². The average molecular weight is 450 g/mol. The summed E-state index contributed by atoms with van der Waals surface area (Å²) in [6.07, 6.45) is 1.18. The van der Waals surface area contributed by atoms with Crippen LogP contribution in [0, 0.1) is 12.8 Å². The van der Waals surface area contributed by atoms with Crippen molar-refractivity contribution in [2.45, 2.75) is 26.7 Å². The number of esters is 1.